The molecule has 0 fully saturated rings. The van der Waals surface area contributed by atoms with Crippen LogP contribution in [0.4, 0.5) is 11.5 Å². The second-order valence-corrected chi connectivity index (χ2v) is 3.19. The number of allylic oxidation sites excluding steroid dienone is 1. The van der Waals surface area contributed by atoms with E-state index in [0.717, 1.165) is 30.0 Å². The zero-order chi connectivity index (χ0) is 10.4. The maximum Gasteiger partial charge on any atom is 0.128 e. The molecule has 0 aromatic carbocycles. The molecule has 0 saturated carbocycles. The summed E-state index contributed by atoms with van der Waals surface area (Å²) in [7, 11) is 0. The van der Waals surface area contributed by atoms with Crippen LogP contribution >= 0.6 is 0 Å². The normalized spacial score (nSPS) is 10.7. The number of nitrogens with one attached hydrogen (secondary N) is 1. The summed E-state index contributed by atoms with van der Waals surface area (Å²) in [5.41, 5.74) is 7.55. The lowest BCUT2D eigenvalue weighted by Gasteiger charge is -2.04. The van der Waals surface area contributed by atoms with Crippen LogP contribution in [0, 0.1) is 6.92 Å². The first kappa shape index (κ1) is 10.6. The Balaban J connectivity index is 2.51. The van der Waals surface area contributed by atoms with Crippen LogP contribution in [0.1, 0.15) is 18.9 Å². The minimum Gasteiger partial charge on any atom is -0.398 e. The quantitative estimate of drug-likeness (QED) is 0.718. The monoisotopic (exact) mass is 191 g/mol. The van der Waals surface area contributed by atoms with E-state index < -0.39 is 0 Å². The number of aryl methyl sites for hydroxylation is 1. The molecule has 0 bridgehead atoms. The fourth-order valence-electron chi connectivity index (χ4n) is 1.05. The fraction of sp³-hybridized carbons (Fsp3) is 0.364. The van der Waals surface area contributed by atoms with Gasteiger partial charge < -0.3 is 11.1 Å². The Kier molecular flexibility index (Phi) is 3.98. The van der Waals surface area contributed by atoms with E-state index in [1.165, 1.54) is 0 Å². The molecule has 0 atom stereocenters. The Labute approximate surface area is 85.0 Å². The van der Waals surface area contributed by atoms with Crippen LogP contribution in [-0.2, 0) is 0 Å². The number of nitrogens with zero attached hydrogens (tertiary/aromatic N) is 1. The van der Waals surface area contributed by atoms with Gasteiger partial charge in [0.05, 0.1) is 0 Å². The van der Waals surface area contributed by atoms with E-state index in [1.54, 1.807) is 6.20 Å². The molecular weight excluding hydrogens is 174 g/mol. The summed E-state index contributed by atoms with van der Waals surface area (Å²) in [6, 6.07) is 1.86. The molecule has 0 spiro atoms. The van der Waals surface area contributed by atoms with E-state index in [4.69, 9.17) is 5.73 Å². The lowest BCUT2D eigenvalue weighted by molar-refractivity contribution is 1.17. The summed E-state index contributed by atoms with van der Waals surface area (Å²) >= 11 is 0. The van der Waals surface area contributed by atoms with Gasteiger partial charge in [0.25, 0.3) is 0 Å². The molecule has 1 rings (SSSR count). The van der Waals surface area contributed by atoms with Crippen molar-refractivity contribution < 1.29 is 0 Å². The van der Waals surface area contributed by atoms with Crippen molar-refractivity contribution in [2.45, 2.75) is 20.3 Å². The van der Waals surface area contributed by atoms with Crippen LogP contribution in [0.2, 0.25) is 0 Å². The molecule has 0 radical (unpaired) electrons. The lowest BCUT2D eigenvalue weighted by Crippen LogP contribution is -2.02. The number of nitrogens with two attached hydrogens (primary N) is 1. The van der Waals surface area contributed by atoms with Gasteiger partial charge in [0.15, 0.2) is 0 Å². The molecule has 1 heterocycles. The highest BCUT2D eigenvalue weighted by Crippen LogP contribution is 2.12. The average Bonchev–Trinajstić information content (AvgIpc) is 2.18. The summed E-state index contributed by atoms with van der Waals surface area (Å²) in [6.07, 6.45) is 7.04. The number of hydrogen-bond acceptors (Lipinski definition) is 3. The summed E-state index contributed by atoms with van der Waals surface area (Å²) < 4.78 is 0. The van der Waals surface area contributed by atoms with Gasteiger partial charge in [-0.3, -0.25) is 0 Å². The molecule has 0 unspecified atom stereocenters. The summed E-state index contributed by atoms with van der Waals surface area (Å²) in [5.74, 6) is 0.828. The van der Waals surface area contributed by atoms with Crippen LogP contribution in [0.5, 0.6) is 0 Å². The van der Waals surface area contributed by atoms with Crippen LogP contribution in [-0.4, -0.2) is 11.5 Å². The molecule has 3 N–H and O–H groups in total. The maximum atomic E-state index is 5.75. The third kappa shape index (κ3) is 3.09. The predicted octanol–water partition coefficient (Wildman–Crippen LogP) is 2.35. The number of hydrogen-bond donors (Lipinski definition) is 2. The lowest BCUT2D eigenvalue weighted by atomic mass is 10.2. The fourth-order valence-corrected chi connectivity index (χ4v) is 1.05. The Morgan fingerprint density at radius 2 is 2.29 bits per heavy atom. The highest BCUT2D eigenvalue weighted by atomic mass is 15.0. The second-order valence-electron chi connectivity index (χ2n) is 3.19. The number of pyridine rings is 1. The average molecular weight is 191 g/mol. The summed E-state index contributed by atoms with van der Waals surface area (Å²) in [4.78, 5) is 4.21. The van der Waals surface area contributed by atoms with Gasteiger partial charge in [-0.05, 0) is 18.9 Å². The first-order valence-corrected chi connectivity index (χ1v) is 4.85. The minimum absolute atomic E-state index is 0.780. The summed E-state index contributed by atoms with van der Waals surface area (Å²) in [6.45, 7) is 4.85. The SMILES string of the molecule is CC/C=C/CNc1cc(N)c(C)cn1. The van der Waals surface area contributed by atoms with Gasteiger partial charge in [0, 0.05) is 24.5 Å². The van der Waals surface area contributed by atoms with Crippen LogP contribution in [0.25, 0.3) is 0 Å². The highest BCUT2D eigenvalue weighted by Gasteiger charge is 1.95. The largest absolute Gasteiger partial charge is 0.398 e. The Hall–Kier alpha value is -1.51. The number of nitrogen functional groups attached to an aromatic ring is 1. The zero-order valence-electron chi connectivity index (χ0n) is 8.75. The van der Waals surface area contributed by atoms with Gasteiger partial charge in [0.1, 0.15) is 5.82 Å². The third-order valence-corrected chi connectivity index (χ3v) is 1.95. The van der Waals surface area contributed by atoms with Crippen LogP contribution in [0.3, 0.4) is 0 Å². The van der Waals surface area contributed by atoms with Crippen LogP contribution < -0.4 is 11.1 Å². The molecule has 1 aromatic heterocycles. The number of aromatic nitrogens is 1. The second kappa shape index (κ2) is 5.27. The smallest absolute Gasteiger partial charge is 0.128 e. The minimum atomic E-state index is 0.780. The Morgan fingerprint density at radius 1 is 1.50 bits per heavy atom. The van der Waals surface area contributed by atoms with E-state index >= 15 is 0 Å². The van der Waals surface area contributed by atoms with Gasteiger partial charge in [-0.25, -0.2) is 4.98 Å². The van der Waals surface area contributed by atoms with Crippen molar-refractivity contribution in [1.29, 1.82) is 0 Å². The van der Waals surface area contributed by atoms with Crippen molar-refractivity contribution >= 4 is 11.5 Å². The molecule has 0 aliphatic carbocycles. The van der Waals surface area contributed by atoms with Crippen LogP contribution in [0.15, 0.2) is 24.4 Å². The van der Waals surface area contributed by atoms with Crippen molar-refractivity contribution in [3.63, 3.8) is 0 Å². The van der Waals surface area contributed by atoms with E-state index in [-0.39, 0.29) is 0 Å². The molecule has 0 saturated heterocycles. The predicted molar refractivity (Wildman–Crippen MR) is 61.3 cm³/mol. The van der Waals surface area contributed by atoms with Crippen molar-refractivity contribution in [3.05, 3.63) is 30.0 Å². The Morgan fingerprint density at radius 3 is 2.93 bits per heavy atom. The van der Waals surface area contributed by atoms with Gasteiger partial charge in [-0.15, -0.1) is 0 Å². The van der Waals surface area contributed by atoms with Gasteiger partial charge in [-0.2, -0.15) is 0 Å². The molecule has 1 aromatic rings. The summed E-state index contributed by atoms with van der Waals surface area (Å²) in [5, 5.41) is 3.17. The highest BCUT2D eigenvalue weighted by molar-refractivity contribution is 5.53. The molecule has 14 heavy (non-hydrogen) atoms. The first-order chi connectivity index (χ1) is 6.74. The topological polar surface area (TPSA) is 50.9 Å². The molecule has 76 valence electrons. The van der Waals surface area contributed by atoms with Gasteiger partial charge >= 0.3 is 0 Å². The zero-order valence-corrected chi connectivity index (χ0v) is 8.75. The van der Waals surface area contributed by atoms with E-state index in [2.05, 4.69) is 29.4 Å². The number of anilines is 2. The van der Waals surface area contributed by atoms with Gasteiger partial charge in [0.2, 0.25) is 0 Å². The first-order valence-electron chi connectivity index (χ1n) is 4.85. The third-order valence-electron chi connectivity index (χ3n) is 1.95. The van der Waals surface area contributed by atoms with Gasteiger partial charge in [-0.1, -0.05) is 19.1 Å². The molecule has 0 amide bonds. The van der Waals surface area contributed by atoms with Crippen molar-refractivity contribution in [3.8, 4) is 0 Å². The molecule has 3 heteroatoms. The Bertz CT molecular complexity index is 318. The molecule has 0 aliphatic rings. The molecule has 3 nitrogen and oxygen atoms in total. The van der Waals surface area contributed by atoms with E-state index in [1.807, 2.05) is 13.0 Å². The maximum absolute atomic E-state index is 5.75. The van der Waals surface area contributed by atoms with E-state index in [0.29, 0.717) is 0 Å². The standard InChI is InChI=1S/C11H17N3/c1-3-4-5-6-13-11-7-10(12)9(2)8-14-11/h4-5,7-8H,3,6H2,1-2H3,(H3,12,13,14)/b5-4+. The van der Waals surface area contributed by atoms with Crippen molar-refractivity contribution in [2.75, 3.05) is 17.6 Å². The van der Waals surface area contributed by atoms with E-state index in [9.17, 15) is 0 Å². The number of rotatable bonds is 4. The van der Waals surface area contributed by atoms with Crippen molar-refractivity contribution in [1.82, 2.24) is 4.98 Å². The molecular formula is C11H17N3. The molecule has 0 aliphatic heterocycles. The van der Waals surface area contributed by atoms with Crippen molar-refractivity contribution in [2.24, 2.45) is 0 Å².